The zero-order valence-corrected chi connectivity index (χ0v) is 11.7. The highest BCUT2D eigenvalue weighted by Gasteiger charge is 2.32. The minimum absolute atomic E-state index is 0.293. The smallest absolute Gasteiger partial charge is 0.0482 e. The van der Waals surface area contributed by atoms with Gasteiger partial charge in [0.15, 0.2) is 0 Å². The lowest BCUT2D eigenvalue weighted by Gasteiger charge is -2.28. The first-order chi connectivity index (χ1) is 8.77. The maximum absolute atomic E-state index is 6.57. The Labute approximate surface area is 111 Å². The fraction of sp³-hybridized carbons (Fsp3) is 0.688. The number of nitrogens with zero attached hydrogens (tertiary/aromatic N) is 1. The lowest BCUT2D eigenvalue weighted by molar-refractivity contribution is 0.318. The predicted molar refractivity (Wildman–Crippen MR) is 76.6 cm³/mol. The van der Waals surface area contributed by atoms with Crippen molar-refractivity contribution in [3.05, 3.63) is 29.6 Å². The summed E-state index contributed by atoms with van der Waals surface area (Å²) in [7, 11) is 0. The van der Waals surface area contributed by atoms with Crippen molar-refractivity contribution in [3.63, 3.8) is 0 Å². The van der Waals surface area contributed by atoms with Gasteiger partial charge in [0.1, 0.15) is 0 Å². The van der Waals surface area contributed by atoms with Crippen LogP contribution in [-0.2, 0) is 6.42 Å². The Morgan fingerprint density at radius 2 is 2.06 bits per heavy atom. The van der Waals surface area contributed by atoms with Crippen LogP contribution >= 0.6 is 0 Å². The average molecular weight is 246 g/mol. The second-order valence-electron chi connectivity index (χ2n) is 5.61. The van der Waals surface area contributed by atoms with Crippen molar-refractivity contribution in [1.29, 1.82) is 0 Å². The second kappa shape index (κ2) is 6.33. The molecule has 0 bridgehead atoms. The standard InChI is InChI=1S/C16H26N2/c1-3-6-12(7-4-2)15(17)14-10-9-13-8-5-11-18-16(13)14/h5,8,11-12,14-15H,3-4,6-7,9-10,17H2,1-2H3. The molecule has 0 spiro atoms. The SMILES string of the molecule is CCCC(CCC)C(N)C1CCc2cccnc21. The summed E-state index contributed by atoms with van der Waals surface area (Å²) in [5.74, 6) is 1.15. The van der Waals surface area contributed by atoms with Crippen molar-refractivity contribution < 1.29 is 0 Å². The van der Waals surface area contributed by atoms with Crippen LogP contribution in [0.3, 0.4) is 0 Å². The van der Waals surface area contributed by atoms with E-state index in [9.17, 15) is 0 Å². The van der Waals surface area contributed by atoms with Gasteiger partial charge in [-0.2, -0.15) is 0 Å². The van der Waals surface area contributed by atoms with Crippen molar-refractivity contribution in [2.75, 3.05) is 0 Å². The number of nitrogens with two attached hydrogens (primary N) is 1. The van der Waals surface area contributed by atoms with Crippen LogP contribution in [0, 0.1) is 5.92 Å². The molecule has 2 rings (SSSR count). The molecule has 0 aromatic carbocycles. The molecule has 1 aliphatic carbocycles. The Balaban J connectivity index is 2.11. The second-order valence-corrected chi connectivity index (χ2v) is 5.61. The number of rotatable bonds is 6. The maximum Gasteiger partial charge on any atom is 0.0482 e. The topological polar surface area (TPSA) is 38.9 Å². The summed E-state index contributed by atoms with van der Waals surface area (Å²) in [6.07, 6.45) is 9.25. The van der Waals surface area contributed by atoms with E-state index in [1.165, 1.54) is 43.4 Å². The lowest BCUT2D eigenvalue weighted by Crippen LogP contribution is -2.35. The van der Waals surface area contributed by atoms with Crippen LogP contribution in [0.2, 0.25) is 0 Å². The van der Waals surface area contributed by atoms with Gasteiger partial charge in [-0.05, 0) is 43.2 Å². The highest BCUT2D eigenvalue weighted by Crippen LogP contribution is 2.37. The van der Waals surface area contributed by atoms with E-state index in [4.69, 9.17) is 5.73 Å². The van der Waals surface area contributed by atoms with Gasteiger partial charge < -0.3 is 5.73 Å². The number of fused-ring (bicyclic) bond motifs is 1. The summed E-state index contributed by atoms with van der Waals surface area (Å²) in [6.45, 7) is 4.52. The summed E-state index contributed by atoms with van der Waals surface area (Å²) in [5.41, 5.74) is 9.27. The molecule has 1 aromatic rings. The minimum Gasteiger partial charge on any atom is -0.327 e. The van der Waals surface area contributed by atoms with E-state index in [1.807, 2.05) is 12.3 Å². The number of aromatic nitrogens is 1. The highest BCUT2D eigenvalue weighted by molar-refractivity contribution is 5.30. The molecule has 0 radical (unpaired) electrons. The van der Waals surface area contributed by atoms with Gasteiger partial charge in [0.2, 0.25) is 0 Å². The predicted octanol–water partition coefficient (Wildman–Crippen LogP) is 3.66. The van der Waals surface area contributed by atoms with Crippen LogP contribution in [0.4, 0.5) is 0 Å². The van der Waals surface area contributed by atoms with Crippen molar-refractivity contribution >= 4 is 0 Å². The van der Waals surface area contributed by atoms with E-state index in [-0.39, 0.29) is 0 Å². The molecule has 18 heavy (non-hydrogen) atoms. The van der Waals surface area contributed by atoms with Gasteiger partial charge in [0.05, 0.1) is 0 Å². The van der Waals surface area contributed by atoms with E-state index in [2.05, 4.69) is 24.9 Å². The Morgan fingerprint density at radius 1 is 1.33 bits per heavy atom. The van der Waals surface area contributed by atoms with Crippen LogP contribution in [0.1, 0.15) is 63.1 Å². The summed E-state index contributed by atoms with van der Waals surface area (Å²) >= 11 is 0. The third kappa shape index (κ3) is 2.74. The molecule has 0 fully saturated rings. The van der Waals surface area contributed by atoms with E-state index < -0.39 is 0 Å². The van der Waals surface area contributed by atoms with Crippen molar-refractivity contribution in [3.8, 4) is 0 Å². The van der Waals surface area contributed by atoms with Gasteiger partial charge in [-0.1, -0.05) is 32.8 Å². The molecule has 1 aliphatic rings. The van der Waals surface area contributed by atoms with Crippen LogP contribution < -0.4 is 5.73 Å². The van der Waals surface area contributed by atoms with Crippen LogP contribution in [0.25, 0.3) is 0 Å². The molecule has 1 aromatic heterocycles. The number of pyridine rings is 1. The molecule has 2 unspecified atom stereocenters. The molecule has 100 valence electrons. The van der Waals surface area contributed by atoms with E-state index in [0.29, 0.717) is 17.9 Å². The zero-order chi connectivity index (χ0) is 13.0. The first-order valence-corrected chi connectivity index (χ1v) is 7.47. The highest BCUT2D eigenvalue weighted by atomic mass is 14.8. The fourth-order valence-corrected chi connectivity index (χ4v) is 3.42. The third-order valence-corrected chi connectivity index (χ3v) is 4.33. The molecule has 2 N–H and O–H groups in total. The minimum atomic E-state index is 0.293. The van der Waals surface area contributed by atoms with Gasteiger partial charge >= 0.3 is 0 Å². The monoisotopic (exact) mass is 246 g/mol. The molecule has 0 saturated heterocycles. The molecule has 0 amide bonds. The maximum atomic E-state index is 6.57. The number of hydrogen-bond donors (Lipinski definition) is 1. The number of aryl methyl sites for hydroxylation is 1. The molecule has 0 saturated carbocycles. The Morgan fingerprint density at radius 3 is 2.72 bits per heavy atom. The largest absolute Gasteiger partial charge is 0.327 e. The average Bonchev–Trinajstić information content (AvgIpc) is 2.81. The molecular formula is C16H26N2. The first kappa shape index (κ1) is 13.5. The molecule has 2 nitrogen and oxygen atoms in total. The number of hydrogen-bond acceptors (Lipinski definition) is 2. The van der Waals surface area contributed by atoms with Crippen LogP contribution in [-0.4, -0.2) is 11.0 Å². The lowest BCUT2D eigenvalue weighted by atomic mass is 9.82. The van der Waals surface area contributed by atoms with Crippen molar-refractivity contribution in [2.24, 2.45) is 11.7 Å². The first-order valence-electron chi connectivity index (χ1n) is 7.47. The van der Waals surface area contributed by atoms with Gasteiger partial charge in [-0.25, -0.2) is 0 Å². The van der Waals surface area contributed by atoms with Crippen molar-refractivity contribution in [2.45, 2.75) is 64.3 Å². The van der Waals surface area contributed by atoms with Gasteiger partial charge in [-0.3, -0.25) is 4.98 Å². The van der Waals surface area contributed by atoms with Gasteiger partial charge in [0.25, 0.3) is 0 Å². The van der Waals surface area contributed by atoms with Gasteiger partial charge in [-0.15, -0.1) is 0 Å². The summed E-state index contributed by atoms with van der Waals surface area (Å²) in [5, 5.41) is 0. The molecule has 1 heterocycles. The van der Waals surface area contributed by atoms with E-state index in [0.717, 1.165) is 6.42 Å². The Hall–Kier alpha value is -0.890. The quantitative estimate of drug-likeness (QED) is 0.832. The summed E-state index contributed by atoms with van der Waals surface area (Å²) in [6, 6.07) is 4.55. The fourth-order valence-electron chi connectivity index (χ4n) is 3.42. The molecule has 2 atom stereocenters. The molecular weight excluding hydrogens is 220 g/mol. The van der Waals surface area contributed by atoms with Crippen molar-refractivity contribution in [1.82, 2.24) is 4.98 Å². The summed E-state index contributed by atoms with van der Waals surface area (Å²) in [4.78, 5) is 4.58. The van der Waals surface area contributed by atoms with Crippen LogP contribution in [0.5, 0.6) is 0 Å². The summed E-state index contributed by atoms with van der Waals surface area (Å²) < 4.78 is 0. The van der Waals surface area contributed by atoms with E-state index in [1.54, 1.807) is 0 Å². The Bertz CT molecular complexity index is 369. The molecule has 2 heteroatoms. The Kier molecular flexibility index (Phi) is 4.76. The molecule has 0 aliphatic heterocycles. The normalized spacial score (nSPS) is 20.1. The van der Waals surface area contributed by atoms with Crippen LogP contribution in [0.15, 0.2) is 18.3 Å². The van der Waals surface area contributed by atoms with Gasteiger partial charge in [0, 0.05) is 23.9 Å². The zero-order valence-electron chi connectivity index (χ0n) is 11.7. The third-order valence-electron chi connectivity index (χ3n) is 4.33. The van der Waals surface area contributed by atoms with E-state index >= 15 is 0 Å².